The summed E-state index contributed by atoms with van der Waals surface area (Å²) in [6.07, 6.45) is 0. The number of nitrogens with zero attached hydrogens (tertiary/aromatic N) is 2. The van der Waals surface area contributed by atoms with E-state index in [1.54, 1.807) is 30.5 Å². The number of pyridine rings is 1. The molecule has 0 saturated heterocycles. The van der Waals surface area contributed by atoms with Crippen LogP contribution in [0.3, 0.4) is 0 Å². The van der Waals surface area contributed by atoms with Crippen molar-refractivity contribution in [3.8, 4) is 23.0 Å². The fourth-order valence-corrected chi connectivity index (χ4v) is 5.79. The van der Waals surface area contributed by atoms with Crippen molar-refractivity contribution in [3.63, 3.8) is 0 Å². The Morgan fingerprint density at radius 2 is 1.61 bits per heavy atom. The second-order valence-electron chi connectivity index (χ2n) is 8.87. The van der Waals surface area contributed by atoms with Crippen LogP contribution in [-0.4, -0.2) is 52.6 Å². The van der Waals surface area contributed by atoms with Crippen LogP contribution in [0.1, 0.15) is 13.8 Å². The van der Waals surface area contributed by atoms with Crippen LogP contribution < -0.4 is 24.5 Å². The molecule has 0 fully saturated rings. The lowest BCUT2D eigenvalue weighted by Crippen LogP contribution is -2.33. The van der Waals surface area contributed by atoms with Gasteiger partial charge in [0.2, 0.25) is 6.79 Å². The van der Waals surface area contributed by atoms with E-state index in [0.29, 0.717) is 39.3 Å². The molecule has 1 aliphatic heterocycles. The fourth-order valence-electron chi connectivity index (χ4n) is 4.84. The van der Waals surface area contributed by atoms with Gasteiger partial charge in [-0.05, 0) is 43.5 Å². The molecule has 0 unspecified atom stereocenters. The number of hydrogen-bond donors (Lipinski definition) is 2. The molecule has 0 bridgehead atoms. The van der Waals surface area contributed by atoms with Crippen molar-refractivity contribution in [2.24, 2.45) is 0 Å². The zero-order valence-electron chi connectivity index (χ0n) is 20.3. The predicted octanol–water partition coefficient (Wildman–Crippen LogP) is 3.86. The molecule has 3 aromatic carbocycles. The second-order valence-corrected chi connectivity index (χ2v) is 10.4. The zero-order valence-corrected chi connectivity index (χ0v) is 21.2. The van der Waals surface area contributed by atoms with Crippen molar-refractivity contribution in [1.82, 2.24) is 9.24 Å². The summed E-state index contributed by atoms with van der Waals surface area (Å²) in [7, 11) is -1.50. The van der Waals surface area contributed by atoms with E-state index in [0.717, 1.165) is 20.8 Å². The Morgan fingerprint density at radius 3 is 2.22 bits per heavy atom. The SMILES string of the molecule is COc1cc2c(=O)n(CCN(C(C)C)P(=O)(O)O)c3c4cc5c(cc4ccc3c2cc1OC)OCO5. The van der Waals surface area contributed by atoms with Gasteiger partial charge in [-0.3, -0.25) is 4.79 Å². The molecule has 190 valence electrons. The molecule has 10 nitrogen and oxygen atoms in total. The molecule has 1 aliphatic rings. The van der Waals surface area contributed by atoms with Gasteiger partial charge in [0.05, 0.1) is 25.1 Å². The van der Waals surface area contributed by atoms with Gasteiger partial charge < -0.3 is 33.3 Å². The Kier molecular flexibility index (Phi) is 6.08. The maximum absolute atomic E-state index is 13.9. The average molecular weight is 514 g/mol. The van der Waals surface area contributed by atoms with Gasteiger partial charge in [0, 0.05) is 35.3 Å². The van der Waals surface area contributed by atoms with E-state index in [1.807, 2.05) is 24.3 Å². The predicted molar refractivity (Wildman–Crippen MR) is 136 cm³/mol. The highest BCUT2D eigenvalue weighted by Crippen LogP contribution is 2.43. The van der Waals surface area contributed by atoms with Crippen molar-refractivity contribution in [2.45, 2.75) is 26.4 Å². The molecule has 0 amide bonds. The Morgan fingerprint density at radius 1 is 0.972 bits per heavy atom. The number of benzene rings is 3. The van der Waals surface area contributed by atoms with Gasteiger partial charge in [0.1, 0.15) is 0 Å². The van der Waals surface area contributed by atoms with Crippen LogP contribution in [0.15, 0.2) is 41.2 Å². The van der Waals surface area contributed by atoms with Crippen molar-refractivity contribution in [2.75, 3.05) is 27.6 Å². The first-order valence-corrected chi connectivity index (χ1v) is 13.0. The van der Waals surface area contributed by atoms with Crippen LogP contribution in [0.2, 0.25) is 0 Å². The van der Waals surface area contributed by atoms with Crippen molar-refractivity contribution in [3.05, 3.63) is 46.8 Å². The first-order chi connectivity index (χ1) is 17.1. The monoisotopic (exact) mass is 514 g/mol. The molecular formula is C25H27N2O8P. The van der Waals surface area contributed by atoms with Gasteiger partial charge in [0.25, 0.3) is 5.56 Å². The third-order valence-electron chi connectivity index (χ3n) is 6.53. The maximum atomic E-state index is 13.9. The molecular weight excluding hydrogens is 487 g/mol. The molecule has 2 heterocycles. The summed E-state index contributed by atoms with van der Waals surface area (Å²) < 4.78 is 36.8. The summed E-state index contributed by atoms with van der Waals surface area (Å²) in [5.74, 6) is 2.09. The standard InChI is InChI=1S/C25H27N2O8P/c1-14(2)27(36(29,30)31)8-7-26-24-16(6-5-15-9-22-23(10-17(15)24)35-13-34-22)18-11-20(32-3)21(33-4)12-19(18)25(26)28/h5-6,9-12,14H,7-8,13H2,1-4H3,(H2,29,30,31). The average Bonchev–Trinajstić information content (AvgIpc) is 3.29. The molecule has 0 spiro atoms. The Balaban J connectivity index is 1.85. The van der Waals surface area contributed by atoms with Gasteiger partial charge in [-0.25, -0.2) is 9.24 Å². The van der Waals surface area contributed by atoms with E-state index in [-0.39, 0.29) is 25.4 Å². The Labute approximate surface area is 206 Å². The highest BCUT2D eigenvalue weighted by Gasteiger charge is 2.28. The normalized spacial score (nSPS) is 13.4. The van der Waals surface area contributed by atoms with Crippen LogP contribution in [0.5, 0.6) is 23.0 Å². The maximum Gasteiger partial charge on any atom is 0.403 e. The van der Waals surface area contributed by atoms with Crippen LogP contribution in [0.4, 0.5) is 0 Å². The highest BCUT2D eigenvalue weighted by atomic mass is 31.2. The van der Waals surface area contributed by atoms with E-state index in [9.17, 15) is 19.1 Å². The molecule has 0 radical (unpaired) electrons. The molecule has 2 N–H and O–H groups in total. The van der Waals surface area contributed by atoms with Crippen molar-refractivity contribution in [1.29, 1.82) is 0 Å². The van der Waals surface area contributed by atoms with Gasteiger partial charge in [0.15, 0.2) is 23.0 Å². The molecule has 1 aromatic heterocycles. The largest absolute Gasteiger partial charge is 0.493 e. The first-order valence-electron chi connectivity index (χ1n) is 11.4. The third-order valence-corrected chi connectivity index (χ3v) is 7.86. The van der Waals surface area contributed by atoms with E-state index in [4.69, 9.17) is 18.9 Å². The van der Waals surface area contributed by atoms with Gasteiger partial charge in [-0.15, -0.1) is 0 Å². The molecule has 11 heteroatoms. The summed E-state index contributed by atoms with van der Waals surface area (Å²) in [6.45, 7) is 3.54. The van der Waals surface area contributed by atoms with Crippen LogP contribution in [-0.2, 0) is 11.1 Å². The van der Waals surface area contributed by atoms with Crippen molar-refractivity contribution < 1.29 is 33.3 Å². The lowest BCUT2D eigenvalue weighted by molar-refractivity contribution is 0.174. The Bertz CT molecular complexity index is 1610. The molecule has 36 heavy (non-hydrogen) atoms. The van der Waals surface area contributed by atoms with Gasteiger partial charge >= 0.3 is 7.75 Å². The fraction of sp³-hybridized carbons (Fsp3) is 0.320. The van der Waals surface area contributed by atoms with E-state index < -0.39 is 13.8 Å². The minimum atomic E-state index is -4.53. The van der Waals surface area contributed by atoms with E-state index in [2.05, 4.69) is 0 Å². The highest BCUT2D eigenvalue weighted by molar-refractivity contribution is 7.49. The number of rotatable bonds is 7. The summed E-state index contributed by atoms with van der Waals surface area (Å²) in [4.78, 5) is 33.7. The summed E-state index contributed by atoms with van der Waals surface area (Å²) in [6, 6.07) is 10.6. The smallest absolute Gasteiger partial charge is 0.403 e. The number of ether oxygens (including phenoxy) is 4. The molecule has 5 rings (SSSR count). The lowest BCUT2D eigenvalue weighted by Gasteiger charge is -2.27. The zero-order chi connectivity index (χ0) is 25.8. The lowest BCUT2D eigenvalue weighted by atomic mass is 10.00. The van der Waals surface area contributed by atoms with Gasteiger partial charge in [-0.1, -0.05) is 12.1 Å². The summed E-state index contributed by atoms with van der Waals surface area (Å²) in [5.41, 5.74) is 0.322. The summed E-state index contributed by atoms with van der Waals surface area (Å²) in [5, 5.41) is 3.48. The molecule has 4 aromatic rings. The minimum absolute atomic E-state index is 0.0311. The summed E-state index contributed by atoms with van der Waals surface area (Å²) >= 11 is 0. The van der Waals surface area contributed by atoms with Crippen LogP contribution in [0.25, 0.3) is 32.4 Å². The van der Waals surface area contributed by atoms with E-state index in [1.165, 1.54) is 14.2 Å². The number of hydrogen-bond acceptors (Lipinski definition) is 6. The number of methoxy groups -OCH3 is 2. The second kappa shape index (κ2) is 8.97. The minimum Gasteiger partial charge on any atom is -0.493 e. The Hall–Kier alpha value is -3.30. The van der Waals surface area contributed by atoms with Crippen molar-refractivity contribution >= 4 is 40.2 Å². The quantitative estimate of drug-likeness (QED) is 0.280. The van der Waals surface area contributed by atoms with Gasteiger partial charge in [-0.2, -0.15) is 0 Å². The van der Waals surface area contributed by atoms with Crippen LogP contribution in [0, 0.1) is 0 Å². The topological polar surface area (TPSA) is 120 Å². The number of fused-ring (bicyclic) bond motifs is 6. The first kappa shape index (κ1) is 24.4. The molecule has 0 atom stereocenters. The molecule has 0 aliphatic carbocycles. The number of aromatic nitrogens is 1. The molecule has 0 saturated carbocycles. The van der Waals surface area contributed by atoms with Crippen LogP contribution >= 0.6 is 7.75 Å². The van der Waals surface area contributed by atoms with E-state index >= 15 is 0 Å². The third kappa shape index (κ3) is 3.96.